The van der Waals surface area contributed by atoms with Crippen molar-refractivity contribution in [2.75, 3.05) is 7.05 Å². The fourth-order valence-corrected chi connectivity index (χ4v) is 2.15. The molecule has 122 valence electrons. The van der Waals surface area contributed by atoms with Crippen LogP contribution in [-0.2, 0) is 0 Å². The Hall–Kier alpha value is -2.34. The highest BCUT2D eigenvalue weighted by molar-refractivity contribution is 7.71. The predicted molar refractivity (Wildman–Crippen MR) is 100 cm³/mol. The molecule has 0 aliphatic heterocycles. The van der Waals surface area contributed by atoms with Gasteiger partial charge in [0.25, 0.3) is 0 Å². The molecule has 0 unspecified atom stereocenters. The summed E-state index contributed by atoms with van der Waals surface area (Å²) in [6.07, 6.45) is 1.84. The Morgan fingerprint density at radius 2 is 1.83 bits per heavy atom. The molecule has 0 spiro atoms. The van der Waals surface area contributed by atoms with Crippen molar-refractivity contribution in [3.8, 4) is 5.82 Å². The Balaban J connectivity index is 0.000000477. The number of benzene rings is 1. The lowest BCUT2D eigenvalue weighted by Crippen LogP contribution is -2.04. The number of aromatic amines is 1. The van der Waals surface area contributed by atoms with Crippen LogP contribution in [0.3, 0.4) is 0 Å². The number of nitrogens with zero attached hydrogens (tertiary/aromatic N) is 4. The number of aromatic nitrogens is 4. The van der Waals surface area contributed by atoms with Crippen LogP contribution in [-0.4, -0.2) is 33.5 Å². The molecule has 0 radical (unpaired) electrons. The van der Waals surface area contributed by atoms with Crippen LogP contribution < -0.4 is 0 Å². The first kappa shape index (κ1) is 18.7. The van der Waals surface area contributed by atoms with Gasteiger partial charge in [0.2, 0.25) is 0 Å². The highest BCUT2D eigenvalue weighted by Gasteiger charge is 2.10. The number of nitrogens with one attached hydrogen (secondary N) is 1. The minimum absolute atomic E-state index is 0.469. The van der Waals surface area contributed by atoms with E-state index in [1.807, 2.05) is 62.8 Å². The first-order valence-electron chi connectivity index (χ1n) is 7.44. The molecule has 3 aromatic rings. The van der Waals surface area contributed by atoms with Crippen molar-refractivity contribution in [2.24, 2.45) is 4.99 Å². The largest absolute Gasteiger partial charge is 0.330 e. The van der Waals surface area contributed by atoms with E-state index in [9.17, 15) is 0 Å². The molecule has 1 N–H and O–H groups in total. The van der Waals surface area contributed by atoms with Crippen LogP contribution in [0.25, 0.3) is 16.7 Å². The lowest BCUT2D eigenvalue weighted by molar-refractivity contribution is 0.818. The second-order valence-corrected chi connectivity index (χ2v) is 4.94. The fourth-order valence-electron chi connectivity index (χ4n) is 1.95. The van der Waals surface area contributed by atoms with E-state index in [1.54, 1.807) is 7.05 Å². The van der Waals surface area contributed by atoms with E-state index in [0.717, 1.165) is 28.0 Å². The standard InChI is InChI=1S/C13H12N4S.C2H5N.C2H6/c1-8-7-14-17(9(8)2)12-10-5-3-4-6-11(10)15-13(18)16-12;1-3-2;1-2/h3-7H,1-2H3,(H,15,16,18);1H2,2H3;1-2H3. The second-order valence-electron chi connectivity index (χ2n) is 4.55. The van der Waals surface area contributed by atoms with Gasteiger partial charge in [0.1, 0.15) is 0 Å². The molecule has 0 fully saturated rings. The summed E-state index contributed by atoms with van der Waals surface area (Å²) in [6.45, 7) is 11.2. The van der Waals surface area contributed by atoms with Gasteiger partial charge in [-0.15, -0.1) is 0 Å². The molecule has 0 saturated carbocycles. The minimum atomic E-state index is 0.469. The average Bonchev–Trinajstić information content (AvgIpc) is 2.89. The summed E-state index contributed by atoms with van der Waals surface area (Å²) in [4.78, 5) is 10.7. The number of para-hydroxylation sites is 1. The zero-order valence-electron chi connectivity index (χ0n) is 14.3. The molecule has 0 saturated heterocycles. The lowest BCUT2D eigenvalue weighted by Gasteiger charge is -2.07. The normalized spacial score (nSPS) is 9.43. The molecule has 6 heteroatoms. The van der Waals surface area contributed by atoms with Crippen molar-refractivity contribution in [3.05, 3.63) is 46.5 Å². The topological polar surface area (TPSA) is 58.9 Å². The van der Waals surface area contributed by atoms with E-state index in [1.165, 1.54) is 0 Å². The Bertz CT molecular complexity index is 832. The zero-order valence-corrected chi connectivity index (χ0v) is 15.1. The maximum Gasteiger partial charge on any atom is 0.199 e. The number of aliphatic imine (C=N–C) groups is 1. The van der Waals surface area contributed by atoms with Crippen LogP contribution >= 0.6 is 12.2 Å². The summed E-state index contributed by atoms with van der Waals surface area (Å²) in [5, 5.41) is 5.38. The minimum Gasteiger partial charge on any atom is -0.330 e. The monoisotopic (exact) mass is 329 g/mol. The van der Waals surface area contributed by atoms with Crippen molar-refractivity contribution < 1.29 is 0 Å². The van der Waals surface area contributed by atoms with Gasteiger partial charge in [-0.1, -0.05) is 26.0 Å². The maximum atomic E-state index is 5.17. The lowest BCUT2D eigenvalue weighted by atomic mass is 10.2. The van der Waals surface area contributed by atoms with E-state index in [2.05, 4.69) is 26.8 Å². The number of hydrogen-bond acceptors (Lipinski definition) is 4. The van der Waals surface area contributed by atoms with E-state index in [-0.39, 0.29) is 0 Å². The summed E-state index contributed by atoms with van der Waals surface area (Å²) < 4.78 is 2.30. The summed E-state index contributed by atoms with van der Waals surface area (Å²) in [6, 6.07) is 7.95. The molecule has 0 amide bonds. The third-order valence-corrected chi connectivity index (χ3v) is 3.27. The van der Waals surface area contributed by atoms with Gasteiger partial charge in [-0.05, 0) is 50.5 Å². The van der Waals surface area contributed by atoms with Gasteiger partial charge in [-0.2, -0.15) is 10.1 Å². The van der Waals surface area contributed by atoms with Gasteiger partial charge in [-0.25, -0.2) is 4.68 Å². The second kappa shape index (κ2) is 8.95. The van der Waals surface area contributed by atoms with Gasteiger partial charge in [0, 0.05) is 18.1 Å². The Morgan fingerprint density at radius 3 is 2.39 bits per heavy atom. The molecule has 2 aromatic heterocycles. The Labute approximate surface area is 142 Å². The van der Waals surface area contributed by atoms with Crippen molar-refractivity contribution in [1.29, 1.82) is 0 Å². The Kier molecular flexibility index (Phi) is 7.28. The highest BCUT2D eigenvalue weighted by Crippen LogP contribution is 2.20. The third kappa shape index (κ3) is 4.32. The van der Waals surface area contributed by atoms with Gasteiger partial charge in [0.15, 0.2) is 10.6 Å². The summed E-state index contributed by atoms with van der Waals surface area (Å²) >= 11 is 5.17. The smallest absolute Gasteiger partial charge is 0.199 e. The molecule has 0 aliphatic carbocycles. The van der Waals surface area contributed by atoms with E-state index in [4.69, 9.17) is 12.2 Å². The van der Waals surface area contributed by atoms with Crippen LogP contribution in [0.4, 0.5) is 0 Å². The first-order valence-corrected chi connectivity index (χ1v) is 7.84. The predicted octanol–water partition coefficient (Wildman–Crippen LogP) is 4.44. The zero-order chi connectivity index (χ0) is 17.4. The first-order chi connectivity index (χ1) is 11.1. The number of H-pyrrole nitrogens is 1. The molecule has 0 aliphatic rings. The van der Waals surface area contributed by atoms with Crippen LogP contribution in [0.5, 0.6) is 0 Å². The molecule has 0 bridgehead atoms. The van der Waals surface area contributed by atoms with Gasteiger partial charge in [-0.3, -0.25) is 0 Å². The molecule has 0 atom stereocenters. The van der Waals surface area contributed by atoms with E-state index in [0.29, 0.717) is 4.77 Å². The summed E-state index contributed by atoms with van der Waals surface area (Å²) in [5.41, 5.74) is 3.19. The summed E-state index contributed by atoms with van der Waals surface area (Å²) in [7, 11) is 1.64. The number of hydrogen-bond donors (Lipinski definition) is 1. The van der Waals surface area contributed by atoms with E-state index >= 15 is 0 Å². The van der Waals surface area contributed by atoms with Crippen LogP contribution in [0.2, 0.25) is 0 Å². The van der Waals surface area contributed by atoms with Gasteiger partial charge < -0.3 is 9.98 Å². The molecule has 3 rings (SSSR count). The molecule has 5 nitrogen and oxygen atoms in total. The van der Waals surface area contributed by atoms with E-state index < -0.39 is 0 Å². The Morgan fingerprint density at radius 1 is 1.22 bits per heavy atom. The molecule has 2 heterocycles. The van der Waals surface area contributed by atoms with Crippen LogP contribution in [0.15, 0.2) is 35.5 Å². The van der Waals surface area contributed by atoms with Gasteiger partial charge in [0.05, 0.1) is 11.7 Å². The molecule has 1 aromatic carbocycles. The van der Waals surface area contributed by atoms with Gasteiger partial charge >= 0.3 is 0 Å². The number of aryl methyl sites for hydroxylation is 1. The number of fused-ring (bicyclic) bond motifs is 1. The average molecular weight is 329 g/mol. The molecular weight excluding hydrogens is 306 g/mol. The third-order valence-electron chi connectivity index (χ3n) is 3.07. The van der Waals surface area contributed by atoms with Crippen LogP contribution in [0.1, 0.15) is 25.1 Å². The van der Waals surface area contributed by atoms with Crippen LogP contribution in [0, 0.1) is 18.6 Å². The van der Waals surface area contributed by atoms with Crippen molar-refractivity contribution >= 4 is 29.8 Å². The molecular formula is C17H23N5S. The molecule has 23 heavy (non-hydrogen) atoms. The highest BCUT2D eigenvalue weighted by atomic mass is 32.1. The quantitative estimate of drug-likeness (QED) is 0.530. The number of rotatable bonds is 1. The fraction of sp³-hybridized carbons (Fsp3) is 0.294. The summed E-state index contributed by atoms with van der Waals surface area (Å²) in [5.74, 6) is 0.778. The van der Waals surface area contributed by atoms with Crippen molar-refractivity contribution in [1.82, 2.24) is 19.7 Å². The van der Waals surface area contributed by atoms with Crippen molar-refractivity contribution in [2.45, 2.75) is 27.7 Å². The SMILES string of the molecule is C=NC.CC.Cc1cnn(-c2nc(=S)[nH]c3ccccc23)c1C. The maximum absolute atomic E-state index is 5.17. The van der Waals surface area contributed by atoms with Crippen molar-refractivity contribution in [3.63, 3.8) is 0 Å².